The maximum absolute atomic E-state index is 12.5. The Labute approximate surface area is 176 Å². The zero-order chi connectivity index (χ0) is 20.8. The number of anilines is 1. The first kappa shape index (κ1) is 20.9. The van der Waals surface area contributed by atoms with Crippen LogP contribution < -0.4 is 11.1 Å². The Morgan fingerprint density at radius 1 is 1.34 bits per heavy atom. The molecule has 0 aliphatic heterocycles. The Morgan fingerprint density at radius 2 is 2.17 bits per heavy atom. The largest absolute Gasteiger partial charge is 0.467 e. The lowest BCUT2D eigenvalue weighted by molar-refractivity contribution is -0.118. The van der Waals surface area contributed by atoms with Gasteiger partial charge in [-0.15, -0.1) is 10.2 Å². The van der Waals surface area contributed by atoms with Gasteiger partial charge in [0.15, 0.2) is 5.16 Å². The Bertz CT molecular complexity index is 974. The van der Waals surface area contributed by atoms with Gasteiger partial charge < -0.3 is 15.5 Å². The number of nitrogens with two attached hydrogens (primary N) is 1. The van der Waals surface area contributed by atoms with Crippen molar-refractivity contribution in [2.45, 2.75) is 36.7 Å². The first-order valence-corrected chi connectivity index (χ1v) is 10.00. The van der Waals surface area contributed by atoms with Crippen LogP contribution in [-0.2, 0) is 22.6 Å². The van der Waals surface area contributed by atoms with Crippen LogP contribution in [-0.4, -0.2) is 36.8 Å². The zero-order valence-corrected chi connectivity index (χ0v) is 17.1. The van der Waals surface area contributed by atoms with E-state index in [2.05, 4.69) is 20.5 Å². The molecule has 1 atom stereocenters. The predicted octanol–water partition coefficient (Wildman–Crippen LogP) is 2.50. The summed E-state index contributed by atoms with van der Waals surface area (Å²) in [7, 11) is 0. The molecule has 3 aromatic heterocycles. The lowest BCUT2D eigenvalue weighted by Crippen LogP contribution is -2.23. The van der Waals surface area contributed by atoms with Gasteiger partial charge in [0.1, 0.15) is 17.4 Å². The maximum atomic E-state index is 12.5. The molecule has 3 heterocycles. The number of thioether (sulfide) groups is 1. The molecule has 29 heavy (non-hydrogen) atoms. The fourth-order valence-electron chi connectivity index (χ4n) is 2.43. The Balaban J connectivity index is 1.73. The molecular weight excluding hydrogens is 416 g/mol. The highest BCUT2D eigenvalue weighted by Gasteiger charge is 2.21. The number of furan rings is 1. The van der Waals surface area contributed by atoms with Crippen LogP contribution in [0.15, 0.2) is 46.3 Å². The molecule has 152 valence electrons. The van der Waals surface area contributed by atoms with E-state index in [1.54, 1.807) is 31.4 Å². The SMILES string of the molecule is CC(Sc1nnc(CCC(N)=O)n1Cc1ccco1)C(=O)Nc1ccc(Cl)cn1. The zero-order valence-electron chi connectivity index (χ0n) is 15.5. The van der Waals surface area contributed by atoms with Crippen LogP contribution in [0, 0.1) is 0 Å². The number of amides is 2. The molecule has 0 saturated heterocycles. The minimum Gasteiger partial charge on any atom is -0.467 e. The molecule has 3 rings (SSSR count). The molecular formula is C18H19ClN6O3S. The first-order valence-electron chi connectivity index (χ1n) is 8.74. The molecule has 0 aliphatic carbocycles. The van der Waals surface area contributed by atoms with Gasteiger partial charge in [0.2, 0.25) is 11.8 Å². The monoisotopic (exact) mass is 434 g/mol. The van der Waals surface area contributed by atoms with Crippen molar-refractivity contribution in [3.05, 3.63) is 53.3 Å². The summed E-state index contributed by atoms with van der Waals surface area (Å²) in [6.45, 7) is 2.13. The predicted molar refractivity (Wildman–Crippen MR) is 109 cm³/mol. The van der Waals surface area contributed by atoms with Crippen LogP contribution in [0.2, 0.25) is 5.02 Å². The summed E-state index contributed by atoms with van der Waals surface area (Å²) in [5.41, 5.74) is 5.25. The molecule has 11 heteroatoms. The Kier molecular flexibility index (Phi) is 6.89. The summed E-state index contributed by atoms with van der Waals surface area (Å²) >= 11 is 7.05. The third-order valence-electron chi connectivity index (χ3n) is 3.91. The minimum absolute atomic E-state index is 0.152. The van der Waals surface area contributed by atoms with Crippen LogP contribution in [0.3, 0.4) is 0 Å². The summed E-state index contributed by atoms with van der Waals surface area (Å²) in [5.74, 6) is 1.04. The number of aromatic nitrogens is 4. The Hall–Kier alpha value is -2.85. The van der Waals surface area contributed by atoms with E-state index in [1.165, 1.54) is 18.0 Å². The smallest absolute Gasteiger partial charge is 0.238 e. The fraction of sp³-hybridized carbons (Fsp3) is 0.278. The standard InChI is InChI=1S/C18H19ClN6O3S/c1-11(17(27)22-15-6-4-12(19)9-21-15)29-18-24-23-16(7-5-14(20)26)25(18)10-13-3-2-8-28-13/h2-4,6,8-9,11H,5,7,10H2,1H3,(H2,20,26)(H,21,22,27). The van der Waals surface area contributed by atoms with Gasteiger partial charge in [-0.2, -0.15) is 0 Å². The molecule has 0 bridgehead atoms. The van der Waals surface area contributed by atoms with Crippen molar-refractivity contribution < 1.29 is 14.0 Å². The van der Waals surface area contributed by atoms with Crippen molar-refractivity contribution in [3.8, 4) is 0 Å². The van der Waals surface area contributed by atoms with Gasteiger partial charge in [0, 0.05) is 19.0 Å². The quantitative estimate of drug-likeness (QED) is 0.495. The van der Waals surface area contributed by atoms with Gasteiger partial charge in [-0.25, -0.2) is 4.98 Å². The van der Waals surface area contributed by atoms with Gasteiger partial charge in [-0.3, -0.25) is 14.2 Å². The third kappa shape index (κ3) is 5.81. The molecule has 0 radical (unpaired) electrons. The van der Waals surface area contributed by atoms with Crippen LogP contribution in [0.1, 0.15) is 24.9 Å². The highest BCUT2D eigenvalue weighted by Crippen LogP contribution is 2.25. The molecule has 3 aromatic rings. The number of hydrogen-bond acceptors (Lipinski definition) is 7. The number of aryl methyl sites for hydroxylation is 1. The van der Waals surface area contributed by atoms with Crippen LogP contribution >= 0.6 is 23.4 Å². The molecule has 0 aliphatic rings. The van der Waals surface area contributed by atoms with E-state index in [0.29, 0.717) is 40.5 Å². The average molecular weight is 435 g/mol. The van der Waals surface area contributed by atoms with Gasteiger partial charge in [-0.1, -0.05) is 23.4 Å². The highest BCUT2D eigenvalue weighted by molar-refractivity contribution is 8.00. The number of primary amides is 1. The number of nitrogens with one attached hydrogen (secondary N) is 1. The van der Waals surface area contributed by atoms with E-state index < -0.39 is 11.2 Å². The topological polar surface area (TPSA) is 129 Å². The molecule has 0 spiro atoms. The molecule has 0 aromatic carbocycles. The van der Waals surface area contributed by atoms with Crippen molar-refractivity contribution in [1.29, 1.82) is 0 Å². The second kappa shape index (κ2) is 9.57. The molecule has 2 amide bonds. The highest BCUT2D eigenvalue weighted by atomic mass is 35.5. The summed E-state index contributed by atoms with van der Waals surface area (Å²) in [5, 5.41) is 11.6. The molecule has 9 nitrogen and oxygen atoms in total. The van der Waals surface area contributed by atoms with Crippen molar-refractivity contribution >= 4 is 41.0 Å². The lowest BCUT2D eigenvalue weighted by Gasteiger charge is -2.13. The van der Waals surface area contributed by atoms with Gasteiger partial charge in [0.05, 0.1) is 23.1 Å². The lowest BCUT2D eigenvalue weighted by atomic mass is 10.3. The van der Waals surface area contributed by atoms with Crippen molar-refractivity contribution in [1.82, 2.24) is 19.7 Å². The van der Waals surface area contributed by atoms with E-state index in [1.807, 2.05) is 10.6 Å². The summed E-state index contributed by atoms with van der Waals surface area (Å²) < 4.78 is 7.22. The van der Waals surface area contributed by atoms with E-state index in [0.717, 1.165) is 0 Å². The van der Waals surface area contributed by atoms with Crippen molar-refractivity contribution in [2.24, 2.45) is 5.73 Å². The number of halogens is 1. The normalized spacial score (nSPS) is 11.9. The van der Waals surface area contributed by atoms with E-state index in [9.17, 15) is 9.59 Å². The molecule has 0 fully saturated rings. The number of rotatable bonds is 9. The van der Waals surface area contributed by atoms with Gasteiger partial charge in [0.25, 0.3) is 0 Å². The average Bonchev–Trinajstić information content (AvgIpc) is 3.33. The van der Waals surface area contributed by atoms with E-state index in [-0.39, 0.29) is 12.3 Å². The second-order valence-corrected chi connectivity index (χ2v) is 7.89. The number of carbonyl (C=O) groups is 2. The minimum atomic E-state index is -0.476. The molecule has 1 unspecified atom stereocenters. The number of carbonyl (C=O) groups excluding carboxylic acids is 2. The van der Waals surface area contributed by atoms with Crippen molar-refractivity contribution in [3.63, 3.8) is 0 Å². The van der Waals surface area contributed by atoms with Crippen LogP contribution in [0.25, 0.3) is 0 Å². The van der Waals surface area contributed by atoms with E-state index >= 15 is 0 Å². The van der Waals surface area contributed by atoms with Crippen LogP contribution in [0.5, 0.6) is 0 Å². The number of pyridine rings is 1. The number of hydrogen-bond donors (Lipinski definition) is 2. The summed E-state index contributed by atoms with van der Waals surface area (Å²) in [6, 6.07) is 6.88. The first-order chi connectivity index (χ1) is 13.9. The summed E-state index contributed by atoms with van der Waals surface area (Å²) in [4.78, 5) is 27.7. The van der Waals surface area contributed by atoms with Crippen molar-refractivity contribution in [2.75, 3.05) is 5.32 Å². The molecule has 0 saturated carbocycles. The van der Waals surface area contributed by atoms with E-state index in [4.69, 9.17) is 21.8 Å². The van der Waals surface area contributed by atoms with Gasteiger partial charge in [-0.05, 0) is 31.2 Å². The summed E-state index contributed by atoms with van der Waals surface area (Å²) in [6.07, 6.45) is 3.53. The van der Waals surface area contributed by atoms with Crippen LogP contribution in [0.4, 0.5) is 5.82 Å². The second-order valence-electron chi connectivity index (χ2n) is 6.14. The Morgan fingerprint density at radius 3 is 2.83 bits per heavy atom. The third-order valence-corrected chi connectivity index (χ3v) is 5.22. The van der Waals surface area contributed by atoms with Gasteiger partial charge >= 0.3 is 0 Å². The number of nitrogens with zero attached hydrogens (tertiary/aromatic N) is 4. The molecule has 3 N–H and O–H groups in total. The maximum Gasteiger partial charge on any atom is 0.238 e. The fourth-order valence-corrected chi connectivity index (χ4v) is 3.41.